The molecule has 0 aliphatic heterocycles. The van der Waals surface area contributed by atoms with Crippen molar-refractivity contribution in [1.29, 1.82) is 0 Å². The first kappa shape index (κ1) is 15.2. The highest BCUT2D eigenvalue weighted by atomic mass is 79.9. The van der Waals surface area contributed by atoms with Crippen LogP contribution in [0.3, 0.4) is 0 Å². The Morgan fingerprint density at radius 3 is 2.43 bits per heavy atom. The highest BCUT2D eigenvalue weighted by Crippen LogP contribution is 2.24. The lowest BCUT2D eigenvalue weighted by Gasteiger charge is -2.08. The van der Waals surface area contributed by atoms with Crippen molar-refractivity contribution in [2.45, 2.75) is 13.5 Å². The molecule has 2 aromatic rings. The Bertz CT molecular complexity index is 683. The van der Waals surface area contributed by atoms with E-state index in [-0.39, 0.29) is 11.5 Å². The van der Waals surface area contributed by atoms with Crippen molar-refractivity contribution in [1.82, 2.24) is 0 Å². The van der Waals surface area contributed by atoms with Gasteiger partial charge in [-0.05, 0) is 58.7 Å². The van der Waals surface area contributed by atoms with Gasteiger partial charge in [0.05, 0.1) is 4.92 Å². The van der Waals surface area contributed by atoms with Crippen molar-refractivity contribution in [2.75, 3.05) is 0 Å². The first-order chi connectivity index (χ1) is 9.97. The van der Waals surface area contributed by atoms with Crippen LogP contribution in [-0.4, -0.2) is 10.7 Å². The number of non-ortho nitro benzene ring substituents is 1. The normalized spacial score (nSPS) is 10.2. The lowest BCUT2D eigenvalue weighted by atomic mass is 10.1. The van der Waals surface area contributed by atoms with E-state index in [1.807, 2.05) is 0 Å². The summed E-state index contributed by atoms with van der Waals surface area (Å²) in [6.07, 6.45) is 0. The highest BCUT2D eigenvalue weighted by molar-refractivity contribution is 9.10. The molecule has 2 aromatic carbocycles. The van der Waals surface area contributed by atoms with Crippen LogP contribution in [0.15, 0.2) is 46.9 Å². The Labute approximate surface area is 129 Å². The van der Waals surface area contributed by atoms with E-state index < -0.39 is 4.92 Å². The molecule has 0 amide bonds. The standard InChI is InChI=1S/C15H12BrNO4/c1-10(18)14-7-6-13(8-15(14)16)21-9-11-2-4-12(5-3-11)17(19)20/h2-8H,9H2,1H3. The second kappa shape index (κ2) is 6.49. The Balaban J connectivity index is 2.04. The SMILES string of the molecule is CC(=O)c1ccc(OCc2ccc([N+](=O)[O-])cc2)cc1Br. The summed E-state index contributed by atoms with van der Waals surface area (Å²) < 4.78 is 6.27. The zero-order valence-electron chi connectivity index (χ0n) is 11.2. The molecule has 0 aliphatic carbocycles. The summed E-state index contributed by atoms with van der Waals surface area (Å²) in [5.41, 5.74) is 1.47. The molecule has 0 fully saturated rings. The molecule has 0 unspecified atom stereocenters. The lowest BCUT2D eigenvalue weighted by Crippen LogP contribution is -1.98. The summed E-state index contributed by atoms with van der Waals surface area (Å²) in [5.74, 6) is 0.592. The summed E-state index contributed by atoms with van der Waals surface area (Å²) >= 11 is 3.32. The maximum absolute atomic E-state index is 11.3. The van der Waals surface area contributed by atoms with E-state index in [0.717, 1.165) is 5.56 Å². The van der Waals surface area contributed by atoms with Gasteiger partial charge >= 0.3 is 0 Å². The number of hydrogen-bond donors (Lipinski definition) is 0. The molecule has 0 atom stereocenters. The van der Waals surface area contributed by atoms with Crippen molar-refractivity contribution < 1.29 is 14.5 Å². The van der Waals surface area contributed by atoms with Gasteiger partial charge in [-0.25, -0.2) is 0 Å². The number of halogens is 1. The number of nitro benzene ring substituents is 1. The average Bonchev–Trinajstić information content (AvgIpc) is 2.45. The second-order valence-electron chi connectivity index (χ2n) is 4.41. The molecule has 0 aliphatic rings. The number of benzene rings is 2. The Morgan fingerprint density at radius 2 is 1.90 bits per heavy atom. The number of ketones is 1. The number of ether oxygens (including phenoxy) is 1. The van der Waals surface area contributed by atoms with Crippen LogP contribution in [0.2, 0.25) is 0 Å². The van der Waals surface area contributed by atoms with Gasteiger partial charge in [0.15, 0.2) is 5.78 Å². The van der Waals surface area contributed by atoms with E-state index in [1.54, 1.807) is 30.3 Å². The van der Waals surface area contributed by atoms with Crippen LogP contribution in [0.5, 0.6) is 5.75 Å². The number of hydrogen-bond acceptors (Lipinski definition) is 4. The number of nitrogens with zero attached hydrogens (tertiary/aromatic N) is 1. The molecule has 0 N–H and O–H groups in total. The fraction of sp³-hybridized carbons (Fsp3) is 0.133. The van der Waals surface area contributed by atoms with Gasteiger partial charge in [-0.3, -0.25) is 14.9 Å². The minimum Gasteiger partial charge on any atom is -0.489 e. The molecule has 0 heterocycles. The van der Waals surface area contributed by atoms with E-state index in [9.17, 15) is 14.9 Å². The molecule has 21 heavy (non-hydrogen) atoms. The summed E-state index contributed by atoms with van der Waals surface area (Å²) in [4.78, 5) is 21.4. The molecule has 0 aromatic heterocycles. The molecule has 6 heteroatoms. The van der Waals surface area contributed by atoms with E-state index in [4.69, 9.17) is 4.74 Å². The quantitative estimate of drug-likeness (QED) is 0.462. The fourth-order valence-corrected chi connectivity index (χ4v) is 2.39. The summed E-state index contributed by atoms with van der Waals surface area (Å²) in [7, 11) is 0. The molecule has 0 radical (unpaired) electrons. The monoisotopic (exact) mass is 349 g/mol. The molecular weight excluding hydrogens is 338 g/mol. The van der Waals surface area contributed by atoms with Gasteiger partial charge in [-0.15, -0.1) is 0 Å². The van der Waals surface area contributed by atoms with Gasteiger partial charge in [0.1, 0.15) is 12.4 Å². The van der Waals surface area contributed by atoms with E-state index in [2.05, 4.69) is 15.9 Å². The molecule has 0 saturated heterocycles. The third kappa shape index (κ3) is 3.88. The number of carbonyl (C=O) groups excluding carboxylic acids is 1. The zero-order valence-corrected chi connectivity index (χ0v) is 12.8. The summed E-state index contributed by atoms with van der Waals surface area (Å²) in [5, 5.41) is 10.6. The largest absolute Gasteiger partial charge is 0.489 e. The smallest absolute Gasteiger partial charge is 0.269 e. The number of nitro groups is 1. The van der Waals surface area contributed by atoms with E-state index in [0.29, 0.717) is 22.4 Å². The molecule has 2 rings (SSSR count). The minimum absolute atomic E-state index is 0.0243. The van der Waals surface area contributed by atoms with Crippen LogP contribution in [-0.2, 0) is 6.61 Å². The number of carbonyl (C=O) groups is 1. The first-order valence-corrected chi connectivity index (χ1v) is 6.93. The van der Waals surface area contributed by atoms with Gasteiger partial charge in [0, 0.05) is 22.2 Å². The summed E-state index contributed by atoms with van der Waals surface area (Å²) in [6.45, 7) is 1.79. The minimum atomic E-state index is -0.442. The van der Waals surface area contributed by atoms with Crippen LogP contribution in [0.25, 0.3) is 0 Å². The van der Waals surface area contributed by atoms with Gasteiger partial charge in [-0.2, -0.15) is 0 Å². The van der Waals surface area contributed by atoms with Crippen LogP contribution < -0.4 is 4.74 Å². The maximum atomic E-state index is 11.3. The number of Topliss-reactive ketones (excluding diaryl/α,β-unsaturated/α-hetero) is 1. The van der Waals surface area contributed by atoms with Crippen molar-refractivity contribution in [3.63, 3.8) is 0 Å². The fourth-order valence-electron chi connectivity index (χ4n) is 1.75. The van der Waals surface area contributed by atoms with E-state index in [1.165, 1.54) is 19.1 Å². The van der Waals surface area contributed by atoms with Gasteiger partial charge in [0.25, 0.3) is 5.69 Å². The third-order valence-electron chi connectivity index (χ3n) is 2.87. The van der Waals surface area contributed by atoms with Crippen LogP contribution >= 0.6 is 15.9 Å². The van der Waals surface area contributed by atoms with Crippen LogP contribution in [0.4, 0.5) is 5.69 Å². The first-order valence-electron chi connectivity index (χ1n) is 6.14. The van der Waals surface area contributed by atoms with Crippen molar-refractivity contribution in [2.24, 2.45) is 0 Å². The zero-order chi connectivity index (χ0) is 15.4. The highest BCUT2D eigenvalue weighted by Gasteiger charge is 2.07. The molecule has 0 spiro atoms. The molecule has 5 nitrogen and oxygen atoms in total. The predicted octanol–water partition coefficient (Wildman–Crippen LogP) is 4.14. The third-order valence-corrected chi connectivity index (χ3v) is 3.53. The van der Waals surface area contributed by atoms with Crippen LogP contribution in [0, 0.1) is 10.1 Å². The molecule has 0 bridgehead atoms. The Hall–Kier alpha value is -2.21. The van der Waals surface area contributed by atoms with Crippen molar-refractivity contribution in [3.8, 4) is 5.75 Å². The van der Waals surface area contributed by atoms with Crippen molar-refractivity contribution in [3.05, 3.63) is 68.2 Å². The lowest BCUT2D eigenvalue weighted by molar-refractivity contribution is -0.384. The topological polar surface area (TPSA) is 69.4 Å². The molecule has 0 saturated carbocycles. The van der Waals surface area contributed by atoms with Crippen molar-refractivity contribution >= 4 is 27.4 Å². The Morgan fingerprint density at radius 1 is 1.24 bits per heavy atom. The molecular formula is C15H12BrNO4. The Kier molecular flexibility index (Phi) is 4.70. The van der Waals surface area contributed by atoms with E-state index >= 15 is 0 Å². The maximum Gasteiger partial charge on any atom is 0.269 e. The second-order valence-corrected chi connectivity index (χ2v) is 5.26. The van der Waals surface area contributed by atoms with Gasteiger partial charge in [-0.1, -0.05) is 0 Å². The molecule has 108 valence electrons. The average molecular weight is 350 g/mol. The number of rotatable bonds is 5. The van der Waals surface area contributed by atoms with Gasteiger partial charge < -0.3 is 4.74 Å². The predicted molar refractivity (Wildman–Crippen MR) is 81.6 cm³/mol. The van der Waals surface area contributed by atoms with Gasteiger partial charge in [0.2, 0.25) is 0 Å². The van der Waals surface area contributed by atoms with Crippen LogP contribution in [0.1, 0.15) is 22.8 Å². The summed E-state index contributed by atoms with van der Waals surface area (Å²) in [6, 6.07) is 11.3.